The molecule has 2 rings (SSSR count). The van der Waals surface area contributed by atoms with Crippen molar-refractivity contribution in [3.63, 3.8) is 0 Å². The smallest absolute Gasteiger partial charge is 0.184 e. The van der Waals surface area contributed by atoms with Crippen LogP contribution in [-0.4, -0.2) is 20.8 Å². The Labute approximate surface area is 104 Å². The molecule has 0 aliphatic carbocycles. The molecule has 1 aromatic heterocycles. The van der Waals surface area contributed by atoms with Crippen molar-refractivity contribution in [3.8, 4) is 5.69 Å². The summed E-state index contributed by atoms with van der Waals surface area (Å²) >= 11 is 0. The molecule has 0 aliphatic rings. The molecule has 18 heavy (non-hydrogen) atoms. The number of Topliss-reactive ketones (excluding diaryl/α,β-unsaturated/α-hetero) is 1. The van der Waals surface area contributed by atoms with Crippen molar-refractivity contribution in [2.75, 3.05) is 0 Å². The molecule has 1 heterocycles. The summed E-state index contributed by atoms with van der Waals surface area (Å²) in [4.78, 5) is 11.7. The molecule has 2 aromatic rings. The lowest BCUT2D eigenvalue weighted by Crippen LogP contribution is -2.05. The van der Waals surface area contributed by atoms with Crippen molar-refractivity contribution < 1.29 is 9.18 Å². The third-order valence-corrected chi connectivity index (χ3v) is 2.75. The zero-order chi connectivity index (χ0) is 13.1. The Morgan fingerprint density at radius 1 is 1.28 bits per heavy atom. The van der Waals surface area contributed by atoms with E-state index in [9.17, 15) is 9.18 Å². The first kappa shape index (κ1) is 12.4. The Morgan fingerprint density at radius 3 is 2.50 bits per heavy atom. The van der Waals surface area contributed by atoms with Gasteiger partial charge in [-0.05, 0) is 30.7 Å². The lowest BCUT2D eigenvalue weighted by atomic mass is 10.1. The quantitative estimate of drug-likeness (QED) is 0.780. The van der Waals surface area contributed by atoms with Gasteiger partial charge in [-0.1, -0.05) is 19.1 Å². The van der Waals surface area contributed by atoms with Gasteiger partial charge in [0.05, 0.1) is 11.4 Å². The number of nitrogens with zero attached hydrogens (tertiary/aromatic N) is 3. The summed E-state index contributed by atoms with van der Waals surface area (Å²) in [5.41, 5.74) is 1.87. The second-order valence-corrected chi connectivity index (χ2v) is 3.90. The molecule has 0 bridgehead atoms. The van der Waals surface area contributed by atoms with Crippen LogP contribution in [-0.2, 0) is 6.42 Å². The van der Waals surface area contributed by atoms with Crippen molar-refractivity contribution >= 4 is 5.78 Å². The first-order chi connectivity index (χ1) is 8.67. The maximum atomic E-state index is 12.9. The predicted octanol–water partition coefficient (Wildman–Crippen LogP) is 2.56. The average molecular weight is 247 g/mol. The van der Waals surface area contributed by atoms with E-state index in [-0.39, 0.29) is 11.6 Å². The molecule has 0 radical (unpaired) electrons. The minimum Gasteiger partial charge on any atom is -0.292 e. The summed E-state index contributed by atoms with van der Waals surface area (Å²) in [6.45, 7) is 3.73. The Morgan fingerprint density at radius 2 is 1.94 bits per heavy atom. The highest BCUT2D eigenvalue weighted by atomic mass is 19.1. The molecule has 0 unspecified atom stereocenters. The predicted molar refractivity (Wildman–Crippen MR) is 65.3 cm³/mol. The lowest BCUT2D eigenvalue weighted by molar-refractivity contribution is 0.0982. The van der Waals surface area contributed by atoms with Crippen molar-refractivity contribution in [1.29, 1.82) is 0 Å². The third kappa shape index (κ3) is 2.16. The molecule has 0 N–H and O–H groups in total. The molecule has 0 spiro atoms. The summed E-state index contributed by atoms with van der Waals surface area (Å²) in [5.74, 6) is -0.331. The molecule has 5 heteroatoms. The van der Waals surface area contributed by atoms with Crippen LogP contribution in [0.3, 0.4) is 0 Å². The summed E-state index contributed by atoms with van der Waals surface area (Å²) in [6, 6.07) is 5.95. The maximum absolute atomic E-state index is 12.9. The fourth-order valence-electron chi connectivity index (χ4n) is 1.79. The highest BCUT2D eigenvalue weighted by Crippen LogP contribution is 2.15. The van der Waals surface area contributed by atoms with Crippen LogP contribution in [0.4, 0.5) is 4.39 Å². The third-order valence-electron chi connectivity index (χ3n) is 2.75. The Kier molecular flexibility index (Phi) is 3.50. The number of hydrogen-bond acceptors (Lipinski definition) is 3. The lowest BCUT2D eigenvalue weighted by Gasteiger charge is -2.05. The standard InChI is InChI=1S/C13H14FN3O/c1-3-11-13(12(18)4-2)15-16-17(11)10-7-5-9(14)6-8-10/h5-8H,3-4H2,1-2H3. The number of carbonyl (C=O) groups excluding carboxylic acids is 1. The Hall–Kier alpha value is -2.04. The van der Waals surface area contributed by atoms with Crippen molar-refractivity contribution in [1.82, 2.24) is 15.0 Å². The van der Waals surface area contributed by atoms with E-state index in [0.29, 0.717) is 24.2 Å². The molecule has 0 saturated heterocycles. The highest BCUT2D eigenvalue weighted by Gasteiger charge is 2.17. The Bertz CT molecular complexity index is 560. The molecule has 4 nitrogen and oxygen atoms in total. The second kappa shape index (κ2) is 5.08. The SMILES string of the molecule is CCC(=O)c1nnn(-c2ccc(F)cc2)c1CC. The fraction of sp³-hybridized carbons (Fsp3) is 0.308. The molecule has 0 fully saturated rings. The Balaban J connectivity index is 2.48. The molecular weight excluding hydrogens is 233 g/mol. The summed E-state index contributed by atoms with van der Waals surface area (Å²) < 4.78 is 14.5. The topological polar surface area (TPSA) is 47.8 Å². The van der Waals surface area contributed by atoms with E-state index in [2.05, 4.69) is 10.3 Å². The van der Waals surface area contributed by atoms with E-state index in [0.717, 1.165) is 5.69 Å². The number of carbonyl (C=O) groups is 1. The van der Waals surface area contributed by atoms with Gasteiger partial charge >= 0.3 is 0 Å². The van der Waals surface area contributed by atoms with Gasteiger partial charge in [-0.25, -0.2) is 9.07 Å². The number of aromatic nitrogens is 3. The molecule has 0 amide bonds. The van der Waals surface area contributed by atoms with Crippen LogP contribution in [0.5, 0.6) is 0 Å². The fourth-order valence-corrected chi connectivity index (χ4v) is 1.79. The summed E-state index contributed by atoms with van der Waals surface area (Å²) in [6.07, 6.45) is 1.04. The van der Waals surface area contributed by atoms with Gasteiger partial charge in [-0.3, -0.25) is 4.79 Å². The van der Waals surface area contributed by atoms with Gasteiger partial charge in [0.25, 0.3) is 0 Å². The van der Waals surface area contributed by atoms with Gasteiger partial charge in [0, 0.05) is 6.42 Å². The number of hydrogen-bond donors (Lipinski definition) is 0. The van der Waals surface area contributed by atoms with Crippen LogP contribution in [0.1, 0.15) is 36.5 Å². The minimum absolute atomic E-state index is 0.0276. The van der Waals surface area contributed by atoms with Gasteiger partial charge in [0.1, 0.15) is 5.82 Å². The molecule has 0 atom stereocenters. The van der Waals surface area contributed by atoms with E-state index in [1.165, 1.54) is 12.1 Å². The first-order valence-corrected chi connectivity index (χ1v) is 5.91. The first-order valence-electron chi connectivity index (χ1n) is 5.91. The van der Waals surface area contributed by atoms with E-state index in [4.69, 9.17) is 0 Å². The molecule has 1 aromatic carbocycles. The number of rotatable bonds is 4. The van der Waals surface area contributed by atoms with Crippen LogP contribution in [0.15, 0.2) is 24.3 Å². The van der Waals surface area contributed by atoms with Crippen LogP contribution in [0.2, 0.25) is 0 Å². The summed E-state index contributed by atoms with van der Waals surface area (Å²) in [7, 11) is 0. The minimum atomic E-state index is -0.304. The zero-order valence-corrected chi connectivity index (χ0v) is 10.4. The van der Waals surface area contributed by atoms with Gasteiger partial charge < -0.3 is 0 Å². The van der Waals surface area contributed by atoms with Gasteiger partial charge in [-0.2, -0.15) is 0 Å². The van der Waals surface area contributed by atoms with Crippen molar-refractivity contribution in [2.45, 2.75) is 26.7 Å². The van der Waals surface area contributed by atoms with E-state index in [1.807, 2.05) is 6.92 Å². The number of benzene rings is 1. The average Bonchev–Trinajstić information content (AvgIpc) is 2.82. The van der Waals surface area contributed by atoms with Crippen LogP contribution >= 0.6 is 0 Å². The van der Waals surface area contributed by atoms with Crippen LogP contribution in [0.25, 0.3) is 5.69 Å². The maximum Gasteiger partial charge on any atom is 0.184 e. The monoisotopic (exact) mass is 247 g/mol. The zero-order valence-electron chi connectivity index (χ0n) is 10.4. The van der Waals surface area contributed by atoms with Gasteiger partial charge in [0.15, 0.2) is 11.5 Å². The largest absolute Gasteiger partial charge is 0.292 e. The molecule has 94 valence electrons. The van der Waals surface area contributed by atoms with Crippen molar-refractivity contribution in [2.24, 2.45) is 0 Å². The van der Waals surface area contributed by atoms with E-state index >= 15 is 0 Å². The van der Waals surface area contributed by atoms with E-state index in [1.54, 1.807) is 23.7 Å². The summed E-state index contributed by atoms with van der Waals surface area (Å²) in [5, 5.41) is 7.91. The highest BCUT2D eigenvalue weighted by molar-refractivity contribution is 5.95. The van der Waals surface area contributed by atoms with Crippen molar-refractivity contribution in [3.05, 3.63) is 41.5 Å². The molecular formula is C13H14FN3O. The molecule has 0 saturated carbocycles. The normalized spacial score (nSPS) is 10.6. The van der Waals surface area contributed by atoms with Crippen LogP contribution in [0, 0.1) is 5.82 Å². The van der Waals surface area contributed by atoms with Gasteiger partial charge in [-0.15, -0.1) is 5.10 Å². The van der Waals surface area contributed by atoms with Gasteiger partial charge in [0.2, 0.25) is 0 Å². The number of ketones is 1. The second-order valence-electron chi connectivity index (χ2n) is 3.90. The number of halogens is 1. The van der Waals surface area contributed by atoms with E-state index < -0.39 is 0 Å². The molecule has 0 aliphatic heterocycles. The van der Waals surface area contributed by atoms with Crippen LogP contribution < -0.4 is 0 Å².